The number of ether oxygens (including phenoxy) is 1. The lowest BCUT2D eigenvalue weighted by Gasteiger charge is -2.10. The zero-order chi connectivity index (χ0) is 15.2. The van der Waals surface area contributed by atoms with Crippen molar-refractivity contribution < 1.29 is 9.53 Å². The summed E-state index contributed by atoms with van der Waals surface area (Å²) < 4.78 is 6.05. The van der Waals surface area contributed by atoms with E-state index in [1.165, 1.54) is 0 Å². The molecule has 1 heterocycles. The highest BCUT2D eigenvalue weighted by molar-refractivity contribution is 9.10. The standard InChI is InChI=1S/C13H16BrN5O2/c1-8(13-16-18-19-17-13)15-12(20)6-4-9-3-5-11(21-2)10(14)7-9/h3,5,7-8H,4,6H2,1-2H3,(H,15,20)(H,16,17,18,19). The molecule has 0 aliphatic carbocycles. The van der Waals surface area contributed by atoms with E-state index in [2.05, 4.69) is 41.9 Å². The summed E-state index contributed by atoms with van der Waals surface area (Å²) in [5.41, 5.74) is 1.06. The van der Waals surface area contributed by atoms with E-state index in [-0.39, 0.29) is 11.9 Å². The molecular weight excluding hydrogens is 338 g/mol. The van der Waals surface area contributed by atoms with E-state index in [0.717, 1.165) is 15.8 Å². The van der Waals surface area contributed by atoms with Crippen molar-refractivity contribution in [2.24, 2.45) is 0 Å². The Balaban J connectivity index is 1.85. The van der Waals surface area contributed by atoms with Crippen molar-refractivity contribution >= 4 is 21.8 Å². The number of benzene rings is 1. The second-order valence-corrected chi connectivity index (χ2v) is 5.38. The lowest BCUT2D eigenvalue weighted by atomic mass is 10.1. The first-order valence-electron chi connectivity index (χ1n) is 6.45. The zero-order valence-corrected chi connectivity index (χ0v) is 13.3. The quantitative estimate of drug-likeness (QED) is 0.825. The van der Waals surface area contributed by atoms with Crippen molar-refractivity contribution in [3.8, 4) is 5.75 Å². The molecular formula is C13H16BrN5O2. The molecule has 0 aliphatic rings. The van der Waals surface area contributed by atoms with Crippen molar-refractivity contribution in [2.75, 3.05) is 7.11 Å². The minimum absolute atomic E-state index is 0.0563. The van der Waals surface area contributed by atoms with Crippen LogP contribution in [-0.4, -0.2) is 33.6 Å². The van der Waals surface area contributed by atoms with Crippen LogP contribution in [0.3, 0.4) is 0 Å². The number of halogens is 1. The zero-order valence-electron chi connectivity index (χ0n) is 11.8. The molecule has 1 unspecified atom stereocenters. The average molecular weight is 354 g/mol. The monoisotopic (exact) mass is 353 g/mol. The predicted octanol–water partition coefficient (Wildman–Crippen LogP) is 1.78. The van der Waals surface area contributed by atoms with Gasteiger partial charge in [-0.05, 0) is 47.0 Å². The first-order chi connectivity index (χ1) is 10.1. The maximum atomic E-state index is 11.9. The van der Waals surface area contributed by atoms with E-state index in [1.54, 1.807) is 7.11 Å². The number of tetrazole rings is 1. The highest BCUT2D eigenvalue weighted by atomic mass is 79.9. The number of nitrogens with one attached hydrogen (secondary N) is 2. The second kappa shape index (κ2) is 7.16. The Kier molecular flexibility index (Phi) is 5.26. The SMILES string of the molecule is COc1ccc(CCC(=O)NC(C)c2nn[nH]n2)cc1Br. The third-order valence-electron chi connectivity index (χ3n) is 2.98. The van der Waals surface area contributed by atoms with Gasteiger partial charge in [-0.25, -0.2) is 0 Å². The Labute approximate surface area is 130 Å². The molecule has 1 aromatic carbocycles. The molecule has 0 spiro atoms. The van der Waals surface area contributed by atoms with Crippen molar-refractivity contribution in [3.63, 3.8) is 0 Å². The number of methoxy groups -OCH3 is 1. The minimum Gasteiger partial charge on any atom is -0.496 e. The van der Waals surface area contributed by atoms with Crippen molar-refractivity contribution in [3.05, 3.63) is 34.1 Å². The average Bonchev–Trinajstić information content (AvgIpc) is 2.99. The number of aryl methyl sites for hydroxylation is 1. The number of aromatic amines is 1. The first kappa shape index (κ1) is 15.4. The van der Waals surface area contributed by atoms with Gasteiger partial charge >= 0.3 is 0 Å². The van der Waals surface area contributed by atoms with Gasteiger partial charge in [0.2, 0.25) is 5.91 Å². The van der Waals surface area contributed by atoms with Crippen LogP contribution in [0.1, 0.15) is 30.8 Å². The lowest BCUT2D eigenvalue weighted by Crippen LogP contribution is -2.27. The number of aromatic nitrogens is 4. The van der Waals surface area contributed by atoms with Crippen LogP contribution < -0.4 is 10.1 Å². The number of rotatable bonds is 6. The molecule has 0 saturated heterocycles. The van der Waals surface area contributed by atoms with E-state index in [9.17, 15) is 4.79 Å². The van der Waals surface area contributed by atoms with Crippen LogP contribution in [-0.2, 0) is 11.2 Å². The third kappa shape index (κ3) is 4.25. The topological polar surface area (TPSA) is 92.8 Å². The summed E-state index contributed by atoms with van der Waals surface area (Å²) in [5, 5.41) is 16.3. The molecule has 2 N–H and O–H groups in total. The van der Waals surface area contributed by atoms with E-state index in [4.69, 9.17) is 4.74 Å². The van der Waals surface area contributed by atoms with Crippen LogP contribution in [0.15, 0.2) is 22.7 Å². The lowest BCUT2D eigenvalue weighted by molar-refractivity contribution is -0.121. The Morgan fingerprint density at radius 3 is 2.95 bits per heavy atom. The number of H-pyrrole nitrogens is 1. The molecule has 2 aromatic rings. The fourth-order valence-corrected chi connectivity index (χ4v) is 2.44. The molecule has 0 bridgehead atoms. The Morgan fingerprint density at radius 1 is 1.52 bits per heavy atom. The van der Waals surface area contributed by atoms with Gasteiger partial charge in [-0.2, -0.15) is 5.21 Å². The predicted molar refractivity (Wildman–Crippen MR) is 79.8 cm³/mol. The Hall–Kier alpha value is -1.96. The number of nitrogens with zero attached hydrogens (tertiary/aromatic N) is 3. The fraction of sp³-hybridized carbons (Fsp3) is 0.385. The highest BCUT2D eigenvalue weighted by Crippen LogP contribution is 2.25. The van der Waals surface area contributed by atoms with Crippen LogP contribution in [0, 0.1) is 0 Å². The summed E-state index contributed by atoms with van der Waals surface area (Å²) in [7, 11) is 1.62. The molecule has 0 aliphatic heterocycles. The molecule has 1 atom stereocenters. The summed E-state index contributed by atoms with van der Waals surface area (Å²) in [4.78, 5) is 11.9. The van der Waals surface area contributed by atoms with Gasteiger partial charge in [-0.1, -0.05) is 11.3 Å². The van der Waals surface area contributed by atoms with Gasteiger partial charge in [-0.3, -0.25) is 4.79 Å². The van der Waals surface area contributed by atoms with Crippen molar-refractivity contribution in [2.45, 2.75) is 25.8 Å². The van der Waals surface area contributed by atoms with Gasteiger partial charge in [0.15, 0.2) is 5.82 Å². The van der Waals surface area contributed by atoms with Gasteiger partial charge < -0.3 is 10.1 Å². The first-order valence-corrected chi connectivity index (χ1v) is 7.24. The summed E-state index contributed by atoms with van der Waals surface area (Å²) in [6.07, 6.45) is 1.04. The van der Waals surface area contributed by atoms with Gasteiger partial charge in [0.25, 0.3) is 0 Å². The molecule has 8 heteroatoms. The summed E-state index contributed by atoms with van der Waals surface area (Å²) >= 11 is 3.43. The molecule has 1 aromatic heterocycles. The van der Waals surface area contributed by atoms with Crippen LogP contribution >= 0.6 is 15.9 Å². The van der Waals surface area contributed by atoms with Gasteiger partial charge in [0, 0.05) is 6.42 Å². The van der Waals surface area contributed by atoms with Crippen molar-refractivity contribution in [1.29, 1.82) is 0 Å². The maximum Gasteiger partial charge on any atom is 0.220 e. The molecule has 0 radical (unpaired) electrons. The number of carbonyl (C=O) groups is 1. The van der Waals surface area contributed by atoms with Crippen LogP contribution in [0.5, 0.6) is 5.75 Å². The highest BCUT2D eigenvalue weighted by Gasteiger charge is 2.13. The summed E-state index contributed by atoms with van der Waals surface area (Å²) in [6, 6.07) is 5.51. The Bertz CT molecular complexity index is 603. The number of hydrogen-bond acceptors (Lipinski definition) is 5. The Morgan fingerprint density at radius 2 is 2.33 bits per heavy atom. The van der Waals surface area contributed by atoms with Crippen LogP contribution in [0.25, 0.3) is 0 Å². The molecule has 1 amide bonds. The number of carbonyl (C=O) groups excluding carboxylic acids is 1. The smallest absolute Gasteiger partial charge is 0.220 e. The van der Waals surface area contributed by atoms with Crippen LogP contribution in [0.2, 0.25) is 0 Å². The fourth-order valence-electron chi connectivity index (χ4n) is 1.85. The molecule has 0 fully saturated rings. The van der Waals surface area contributed by atoms with Gasteiger partial charge in [0.1, 0.15) is 5.75 Å². The summed E-state index contributed by atoms with van der Waals surface area (Å²) in [6.45, 7) is 1.81. The minimum atomic E-state index is -0.265. The number of amides is 1. The van der Waals surface area contributed by atoms with Crippen LogP contribution in [0.4, 0.5) is 0 Å². The molecule has 2 rings (SSSR count). The van der Waals surface area contributed by atoms with E-state index >= 15 is 0 Å². The van der Waals surface area contributed by atoms with Crippen molar-refractivity contribution in [1.82, 2.24) is 25.9 Å². The van der Waals surface area contributed by atoms with E-state index in [1.807, 2.05) is 25.1 Å². The molecule has 21 heavy (non-hydrogen) atoms. The number of hydrogen-bond donors (Lipinski definition) is 2. The van der Waals surface area contributed by atoms with Gasteiger partial charge in [-0.15, -0.1) is 10.2 Å². The largest absolute Gasteiger partial charge is 0.496 e. The maximum absolute atomic E-state index is 11.9. The summed E-state index contributed by atoms with van der Waals surface area (Å²) in [5.74, 6) is 1.18. The molecule has 7 nitrogen and oxygen atoms in total. The normalized spacial score (nSPS) is 12.0. The van der Waals surface area contributed by atoms with E-state index in [0.29, 0.717) is 18.7 Å². The molecule has 112 valence electrons. The second-order valence-electron chi connectivity index (χ2n) is 4.53. The van der Waals surface area contributed by atoms with Gasteiger partial charge in [0.05, 0.1) is 17.6 Å². The van der Waals surface area contributed by atoms with E-state index < -0.39 is 0 Å². The molecule has 0 saturated carbocycles. The third-order valence-corrected chi connectivity index (χ3v) is 3.60.